The first-order valence-corrected chi connectivity index (χ1v) is 15.3. The number of nitrogens with zero attached hydrogens (tertiary/aromatic N) is 4. The summed E-state index contributed by atoms with van der Waals surface area (Å²) in [5, 5.41) is 2.33. The van der Waals surface area contributed by atoms with E-state index in [4.69, 9.17) is 9.47 Å². The van der Waals surface area contributed by atoms with Gasteiger partial charge in [-0.05, 0) is 77.9 Å². The van der Waals surface area contributed by atoms with Crippen LogP contribution in [0.4, 0.5) is 20.6 Å². The highest BCUT2D eigenvalue weighted by Gasteiger charge is 2.57. The molecular weight excluding hydrogens is 543 g/mol. The number of likely N-dealkylation sites (tertiary alicyclic amines) is 1. The molecule has 2 atom stereocenters. The van der Waals surface area contributed by atoms with Crippen LogP contribution in [-0.2, 0) is 11.2 Å². The Morgan fingerprint density at radius 3 is 2.61 bits per heavy atom. The van der Waals surface area contributed by atoms with Gasteiger partial charge in [-0.25, -0.2) is 9.18 Å². The fourth-order valence-electron chi connectivity index (χ4n) is 6.01. The van der Waals surface area contributed by atoms with E-state index >= 15 is 4.39 Å². The summed E-state index contributed by atoms with van der Waals surface area (Å²) in [6.45, 7) is 6.19. The van der Waals surface area contributed by atoms with E-state index in [1.54, 1.807) is 18.2 Å². The summed E-state index contributed by atoms with van der Waals surface area (Å²) in [7, 11) is 0. The van der Waals surface area contributed by atoms with Gasteiger partial charge < -0.3 is 19.3 Å². The zero-order valence-corrected chi connectivity index (χ0v) is 24.0. The number of piperidine rings is 1. The van der Waals surface area contributed by atoms with Crippen molar-refractivity contribution in [3.63, 3.8) is 0 Å². The Morgan fingerprint density at radius 2 is 1.95 bits per heavy atom. The van der Waals surface area contributed by atoms with Crippen molar-refractivity contribution in [3.8, 4) is 5.06 Å². The molecule has 1 saturated carbocycles. The van der Waals surface area contributed by atoms with Gasteiger partial charge in [0.05, 0.1) is 24.6 Å². The minimum Gasteiger partial charge on any atom is -0.399 e. The largest absolute Gasteiger partial charge is 0.420 e. The van der Waals surface area contributed by atoms with Crippen molar-refractivity contribution in [2.45, 2.75) is 26.2 Å². The first kappa shape index (κ1) is 27.7. The van der Waals surface area contributed by atoms with Gasteiger partial charge in [0, 0.05) is 38.9 Å². The maximum absolute atomic E-state index is 15.3. The van der Waals surface area contributed by atoms with Crippen LogP contribution in [0.2, 0.25) is 0 Å². The third-order valence-electron chi connectivity index (χ3n) is 8.41. The number of fused-ring (bicyclic) bond motifs is 1. The van der Waals surface area contributed by atoms with Crippen LogP contribution in [0.5, 0.6) is 5.06 Å². The van der Waals surface area contributed by atoms with Gasteiger partial charge in [-0.15, -0.1) is 11.3 Å². The van der Waals surface area contributed by atoms with Gasteiger partial charge in [0.2, 0.25) is 0 Å². The number of hydrogen-bond donors (Lipinski definition) is 0. The zero-order valence-electron chi connectivity index (χ0n) is 23.2. The van der Waals surface area contributed by atoms with E-state index in [1.165, 1.54) is 22.3 Å². The topological polar surface area (TPSA) is 75.2 Å². The van der Waals surface area contributed by atoms with Gasteiger partial charge in [-0.1, -0.05) is 19.4 Å². The summed E-state index contributed by atoms with van der Waals surface area (Å²) in [5.74, 6) is 0.364. The first-order valence-electron chi connectivity index (χ1n) is 14.4. The van der Waals surface area contributed by atoms with Crippen LogP contribution in [0.15, 0.2) is 54.0 Å². The predicted octanol–water partition coefficient (Wildman–Crippen LogP) is 5.49. The summed E-state index contributed by atoms with van der Waals surface area (Å²) >= 11 is 1.33. The number of morpholine rings is 1. The molecular formula is C31H35FN4O4S. The summed E-state index contributed by atoms with van der Waals surface area (Å²) in [5.41, 5.74) is 2.59. The normalized spacial score (nSPS) is 21.5. The monoisotopic (exact) mass is 578 g/mol. The van der Waals surface area contributed by atoms with E-state index in [9.17, 15) is 9.59 Å². The van der Waals surface area contributed by atoms with Crippen molar-refractivity contribution in [1.82, 2.24) is 9.88 Å². The molecule has 1 aromatic carbocycles. The molecule has 3 fully saturated rings. The van der Waals surface area contributed by atoms with Gasteiger partial charge in [-0.2, -0.15) is 0 Å². The van der Waals surface area contributed by atoms with Crippen LogP contribution < -0.4 is 14.5 Å². The van der Waals surface area contributed by atoms with Gasteiger partial charge in [-0.3, -0.25) is 14.7 Å². The zero-order chi connectivity index (χ0) is 28.3. The van der Waals surface area contributed by atoms with Gasteiger partial charge in [0.1, 0.15) is 11.5 Å². The van der Waals surface area contributed by atoms with Crippen molar-refractivity contribution in [1.29, 1.82) is 0 Å². The second-order valence-corrected chi connectivity index (χ2v) is 11.9. The molecule has 0 N–H and O–H groups in total. The van der Waals surface area contributed by atoms with E-state index in [0.717, 1.165) is 24.8 Å². The number of benzene rings is 1. The van der Waals surface area contributed by atoms with E-state index in [2.05, 4.69) is 11.9 Å². The maximum atomic E-state index is 15.3. The smallest absolute Gasteiger partial charge is 0.399 e. The third kappa shape index (κ3) is 6.08. The molecule has 6 rings (SSSR count). The number of pyridine rings is 1. The van der Waals surface area contributed by atoms with Crippen molar-refractivity contribution in [2.24, 2.45) is 17.8 Å². The Labute approximate surface area is 243 Å². The highest BCUT2D eigenvalue weighted by atomic mass is 32.1. The van der Waals surface area contributed by atoms with Crippen molar-refractivity contribution < 1.29 is 23.5 Å². The summed E-state index contributed by atoms with van der Waals surface area (Å²) in [6.07, 6.45) is 4.48. The molecule has 2 unspecified atom stereocenters. The Hall–Kier alpha value is -3.50. The van der Waals surface area contributed by atoms with Gasteiger partial charge in [0.15, 0.2) is 5.06 Å². The van der Waals surface area contributed by atoms with Gasteiger partial charge >= 0.3 is 6.09 Å². The number of unbranched alkanes of at least 4 members (excludes halogenated alkanes) is 1. The number of aromatic nitrogens is 1. The lowest BCUT2D eigenvalue weighted by atomic mass is 10.1. The Balaban J connectivity index is 1.12. The molecule has 10 heteroatoms. The van der Waals surface area contributed by atoms with E-state index in [1.807, 2.05) is 39.6 Å². The molecule has 0 spiro atoms. The molecule has 2 amide bonds. The summed E-state index contributed by atoms with van der Waals surface area (Å²) < 4.78 is 26.3. The molecule has 41 heavy (non-hydrogen) atoms. The molecule has 0 bridgehead atoms. The number of amides is 2. The van der Waals surface area contributed by atoms with Crippen molar-refractivity contribution in [3.05, 3.63) is 71.1 Å². The number of halogens is 1. The number of anilines is 2. The molecule has 2 aliphatic heterocycles. The van der Waals surface area contributed by atoms with Gasteiger partial charge in [0.25, 0.3) is 5.91 Å². The van der Waals surface area contributed by atoms with Crippen LogP contribution in [0, 0.1) is 23.6 Å². The highest BCUT2D eigenvalue weighted by Crippen LogP contribution is 2.52. The predicted molar refractivity (Wildman–Crippen MR) is 156 cm³/mol. The molecule has 4 heterocycles. The van der Waals surface area contributed by atoms with Crippen molar-refractivity contribution in [2.75, 3.05) is 55.7 Å². The number of carbonyl (C=O) groups excluding carboxylic acids is 2. The van der Waals surface area contributed by atoms with Crippen LogP contribution in [0.1, 0.15) is 35.8 Å². The average molecular weight is 579 g/mol. The van der Waals surface area contributed by atoms with Crippen LogP contribution in [-0.4, -0.2) is 67.8 Å². The number of aryl methyl sites for hydroxylation is 1. The number of carbonyl (C=O) groups is 2. The number of hydrogen-bond acceptors (Lipinski definition) is 7. The quantitative estimate of drug-likeness (QED) is 0.335. The van der Waals surface area contributed by atoms with Crippen LogP contribution in [0.25, 0.3) is 0 Å². The lowest BCUT2D eigenvalue weighted by Gasteiger charge is -2.30. The maximum Gasteiger partial charge on any atom is 0.420 e. The van der Waals surface area contributed by atoms with E-state index in [-0.39, 0.29) is 29.5 Å². The summed E-state index contributed by atoms with van der Waals surface area (Å²) in [6, 6.07) is 12.3. The number of rotatable bonds is 9. The average Bonchev–Trinajstić information content (AvgIpc) is 3.34. The van der Waals surface area contributed by atoms with Crippen LogP contribution >= 0.6 is 11.3 Å². The fourth-order valence-corrected chi connectivity index (χ4v) is 6.58. The summed E-state index contributed by atoms with van der Waals surface area (Å²) in [4.78, 5) is 36.2. The Morgan fingerprint density at radius 1 is 1.15 bits per heavy atom. The molecule has 2 aromatic heterocycles. The molecule has 0 radical (unpaired) electrons. The van der Waals surface area contributed by atoms with E-state index < -0.39 is 6.09 Å². The lowest BCUT2D eigenvalue weighted by Crippen LogP contribution is -2.39. The van der Waals surface area contributed by atoms with E-state index in [0.29, 0.717) is 68.1 Å². The third-order valence-corrected chi connectivity index (χ3v) is 9.16. The first-order chi connectivity index (χ1) is 20.0. The molecule has 3 aliphatic rings. The minimum absolute atomic E-state index is 0.0484. The Bertz CT molecular complexity index is 1350. The molecule has 1 aliphatic carbocycles. The fraction of sp³-hybridized carbons (Fsp3) is 0.452. The number of thiophene rings is 1. The minimum atomic E-state index is -0.531. The lowest BCUT2D eigenvalue weighted by molar-refractivity contribution is 0.0762. The molecule has 2 saturated heterocycles. The standard InChI is InChI=1S/C31H35FN4O4S/c1-2-3-5-21-7-9-27(33-17-21)30(37)35-18-23-24(19-35)25(23)20-36(31(38)40-29-6-4-15-41-29)22-8-10-28(26(32)16-22)34-11-13-39-14-12-34/h4,6-10,15-17,23-25H,2-3,5,11-14,18-20H2,1H3. The number of ether oxygens (including phenoxy) is 2. The second kappa shape index (κ2) is 12.2. The molecule has 216 valence electrons. The Kier molecular flexibility index (Phi) is 8.20. The molecule has 8 nitrogen and oxygen atoms in total. The molecule has 3 aromatic rings. The SMILES string of the molecule is CCCCc1ccc(C(=O)N2CC3C(C2)C3CN(C(=O)Oc2cccs2)c2ccc(N3CCOCC3)c(F)c2)nc1. The second-order valence-electron chi connectivity index (χ2n) is 11.0. The van der Waals surface area contributed by atoms with Crippen LogP contribution in [0.3, 0.4) is 0 Å². The van der Waals surface area contributed by atoms with Crippen molar-refractivity contribution >= 4 is 34.7 Å². The highest BCUT2D eigenvalue weighted by molar-refractivity contribution is 7.11.